The maximum absolute atomic E-state index is 12.5. The number of nitriles is 2. The Hall–Kier alpha value is -3.03. The van der Waals surface area contributed by atoms with Gasteiger partial charge in [0.1, 0.15) is 11.5 Å². The van der Waals surface area contributed by atoms with Crippen molar-refractivity contribution in [1.29, 1.82) is 10.5 Å². The van der Waals surface area contributed by atoms with E-state index in [9.17, 15) is 29.2 Å². The monoisotopic (exact) mass is 384 g/mol. The van der Waals surface area contributed by atoms with Gasteiger partial charge in [-0.3, -0.25) is 0 Å². The van der Waals surface area contributed by atoms with Crippen molar-refractivity contribution >= 4 is 9.84 Å². The first-order valence-corrected chi connectivity index (χ1v) is 10.2. The molecule has 7 heteroatoms. The number of rotatable bonds is 8. The van der Waals surface area contributed by atoms with Gasteiger partial charge in [-0.15, -0.1) is 0 Å². The van der Waals surface area contributed by atoms with Gasteiger partial charge in [0, 0.05) is 0 Å². The Labute approximate surface area is 158 Å². The van der Waals surface area contributed by atoms with Crippen molar-refractivity contribution in [2.45, 2.75) is 12.8 Å². The minimum Gasteiger partial charge on any atom is -0.508 e. The lowest BCUT2D eigenvalue weighted by molar-refractivity contribution is 0.473. The molecule has 140 valence electrons. The van der Waals surface area contributed by atoms with Crippen molar-refractivity contribution in [3.05, 3.63) is 59.7 Å². The molecule has 0 bridgehead atoms. The molecule has 0 aliphatic heterocycles. The van der Waals surface area contributed by atoms with Gasteiger partial charge in [0.05, 0.1) is 35.5 Å². The fourth-order valence-electron chi connectivity index (χ4n) is 2.90. The molecule has 6 nitrogen and oxygen atoms in total. The second-order valence-corrected chi connectivity index (χ2v) is 8.63. The zero-order chi connectivity index (χ0) is 19.9. The molecule has 0 saturated carbocycles. The van der Waals surface area contributed by atoms with E-state index in [1.54, 1.807) is 24.3 Å². The molecule has 2 N–H and O–H groups in total. The maximum atomic E-state index is 12.5. The smallest absolute Gasteiger partial charge is 0.152 e. The lowest BCUT2D eigenvalue weighted by atomic mass is 10.0. The summed E-state index contributed by atoms with van der Waals surface area (Å²) in [5.41, 5.74) is 1.35. The predicted octanol–water partition coefficient (Wildman–Crippen LogP) is 2.58. The van der Waals surface area contributed by atoms with Gasteiger partial charge in [0.25, 0.3) is 0 Å². The van der Waals surface area contributed by atoms with E-state index in [1.807, 2.05) is 12.1 Å². The molecule has 0 aliphatic carbocycles. The van der Waals surface area contributed by atoms with Crippen LogP contribution in [0.4, 0.5) is 0 Å². The van der Waals surface area contributed by atoms with Crippen LogP contribution in [-0.2, 0) is 22.7 Å². The quantitative estimate of drug-likeness (QED) is 0.721. The van der Waals surface area contributed by atoms with Crippen molar-refractivity contribution in [3.63, 3.8) is 0 Å². The second-order valence-electron chi connectivity index (χ2n) is 6.48. The highest BCUT2D eigenvalue weighted by Crippen LogP contribution is 2.19. The third-order valence-corrected chi connectivity index (χ3v) is 5.88. The first kappa shape index (κ1) is 20.3. The molecule has 2 rings (SSSR count). The number of hydrogen-bond acceptors (Lipinski definition) is 6. The number of phenols is 2. The van der Waals surface area contributed by atoms with E-state index < -0.39 is 21.7 Å². The number of benzene rings is 2. The molecule has 27 heavy (non-hydrogen) atoms. The van der Waals surface area contributed by atoms with E-state index in [-0.39, 0.29) is 35.8 Å². The Morgan fingerprint density at radius 3 is 1.56 bits per heavy atom. The molecule has 0 amide bonds. The molecule has 0 saturated heterocycles. The third-order valence-electron chi connectivity index (χ3n) is 4.06. The average Bonchev–Trinajstić information content (AvgIpc) is 2.60. The second kappa shape index (κ2) is 9.07. The molecule has 0 heterocycles. The third kappa shape index (κ3) is 6.65. The first-order valence-electron chi connectivity index (χ1n) is 8.37. The summed E-state index contributed by atoms with van der Waals surface area (Å²) in [5.74, 6) is -2.12. The Bertz CT molecular complexity index is 900. The van der Waals surface area contributed by atoms with Crippen LogP contribution in [0.1, 0.15) is 11.1 Å². The summed E-state index contributed by atoms with van der Waals surface area (Å²) >= 11 is 0. The molecular weight excluding hydrogens is 364 g/mol. The predicted molar refractivity (Wildman–Crippen MR) is 100 cm³/mol. The minimum absolute atomic E-state index is 0.0581. The summed E-state index contributed by atoms with van der Waals surface area (Å²) in [7, 11) is -3.63. The van der Waals surface area contributed by atoms with Crippen molar-refractivity contribution in [1.82, 2.24) is 0 Å². The van der Waals surface area contributed by atoms with Crippen molar-refractivity contribution in [3.8, 4) is 23.6 Å². The van der Waals surface area contributed by atoms with E-state index >= 15 is 0 Å². The van der Waals surface area contributed by atoms with E-state index in [1.165, 1.54) is 24.3 Å². The Kier molecular flexibility index (Phi) is 6.81. The van der Waals surface area contributed by atoms with Crippen LogP contribution in [0.25, 0.3) is 0 Å². The van der Waals surface area contributed by atoms with Crippen LogP contribution in [0.5, 0.6) is 11.5 Å². The van der Waals surface area contributed by atoms with Crippen LogP contribution in [0.3, 0.4) is 0 Å². The Morgan fingerprint density at radius 2 is 1.22 bits per heavy atom. The van der Waals surface area contributed by atoms with Crippen LogP contribution < -0.4 is 0 Å². The summed E-state index contributed by atoms with van der Waals surface area (Å²) in [6.45, 7) is 0. The van der Waals surface area contributed by atoms with Gasteiger partial charge in [-0.25, -0.2) is 8.42 Å². The summed E-state index contributed by atoms with van der Waals surface area (Å²) in [4.78, 5) is 0. The SMILES string of the molecule is N#CC(Cc1cccc(O)c1)CS(=O)(=O)CC(C#N)Cc1cccc(O)c1. The number of sulfone groups is 1. The van der Waals surface area contributed by atoms with Crippen LogP contribution in [0.2, 0.25) is 0 Å². The molecule has 0 fully saturated rings. The number of aromatic hydroxyl groups is 2. The number of nitrogens with zero attached hydrogens (tertiary/aromatic N) is 2. The van der Waals surface area contributed by atoms with Crippen LogP contribution in [0.15, 0.2) is 48.5 Å². The summed E-state index contributed by atoms with van der Waals surface area (Å²) in [5, 5.41) is 37.6. The standard InChI is InChI=1S/C20H20N2O4S/c21-11-17(7-15-3-1-5-19(23)9-15)13-27(25,26)14-18(12-22)8-16-4-2-6-20(24)10-16/h1-6,9-10,17-18,23-24H,7-8,13-14H2. The van der Waals surface area contributed by atoms with Gasteiger partial charge in [0.15, 0.2) is 9.84 Å². The Morgan fingerprint density at radius 1 is 0.815 bits per heavy atom. The van der Waals surface area contributed by atoms with Crippen LogP contribution in [-0.4, -0.2) is 30.1 Å². The van der Waals surface area contributed by atoms with Gasteiger partial charge in [-0.2, -0.15) is 10.5 Å². The maximum Gasteiger partial charge on any atom is 0.152 e. The highest BCUT2D eigenvalue weighted by atomic mass is 32.2. The highest BCUT2D eigenvalue weighted by Gasteiger charge is 2.24. The Balaban J connectivity index is 2.03. The van der Waals surface area contributed by atoms with Crippen molar-refractivity contribution < 1.29 is 18.6 Å². The molecule has 0 radical (unpaired) electrons. The topological polar surface area (TPSA) is 122 Å². The van der Waals surface area contributed by atoms with E-state index in [0.717, 1.165) is 0 Å². The largest absolute Gasteiger partial charge is 0.508 e. The molecule has 2 aromatic rings. The van der Waals surface area contributed by atoms with E-state index in [0.29, 0.717) is 11.1 Å². The normalized spacial score (nSPS) is 13.3. The minimum atomic E-state index is -3.63. The fraction of sp³-hybridized carbons (Fsp3) is 0.300. The van der Waals surface area contributed by atoms with Gasteiger partial charge < -0.3 is 10.2 Å². The molecular formula is C20H20N2O4S. The van der Waals surface area contributed by atoms with Crippen LogP contribution >= 0.6 is 0 Å². The van der Waals surface area contributed by atoms with Gasteiger partial charge in [-0.1, -0.05) is 24.3 Å². The number of hydrogen-bond donors (Lipinski definition) is 2. The fourth-order valence-corrected chi connectivity index (χ4v) is 4.65. The molecule has 2 atom stereocenters. The zero-order valence-electron chi connectivity index (χ0n) is 14.6. The molecule has 0 spiro atoms. The average molecular weight is 384 g/mol. The lowest BCUT2D eigenvalue weighted by Gasteiger charge is -2.13. The van der Waals surface area contributed by atoms with Gasteiger partial charge in [-0.05, 0) is 48.2 Å². The van der Waals surface area contributed by atoms with E-state index in [4.69, 9.17) is 0 Å². The molecule has 2 aromatic carbocycles. The summed E-state index contributed by atoms with van der Waals surface area (Å²) < 4.78 is 25.0. The van der Waals surface area contributed by atoms with Crippen molar-refractivity contribution in [2.75, 3.05) is 11.5 Å². The van der Waals surface area contributed by atoms with E-state index in [2.05, 4.69) is 0 Å². The first-order chi connectivity index (χ1) is 12.8. The zero-order valence-corrected chi connectivity index (χ0v) is 15.4. The highest BCUT2D eigenvalue weighted by molar-refractivity contribution is 7.91. The van der Waals surface area contributed by atoms with Crippen molar-refractivity contribution in [2.24, 2.45) is 11.8 Å². The van der Waals surface area contributed by atoms with Gasteiger partial charge in [0.2, 0.25) is 0 Å². The van der Waals surface area contributed by atoms with Gasteiger partial charge >= 0.3 is 0 Å². The molecule has 0 aromatic heterocycles. The summed E-state index contributed by atoms with van der Waals surface area (Å²) in [6, 6.07) is 16.7. The number of phenolic OH excluding ortho intramolecular Hbond substituents is 2. The van der Waals surface area contributed by atoms with Crippen LogP contribution in [0, 0.1) is 34.5 Å². The molecule has 0 aliphatic rings. The molecule has 2 unspecified atom stereocenters. The summed E-state index contributed by atoms with van der Waals surface area (Å²) in [6.07, 6.45) is 0.405. The lowest BCUT2D eigenvalue weighted by Crippen LogP contribution is -2.24.